The summed E-state index contributed by atoms with van der Waals surface area (Å²) in [5.74, 6) is 0. The van der Waals surface area contributed by atoms with Crippen LogP contribution in [0.5, 0.6) is 0 Å². The van der Waals surface area contributed by atoms with Crippen molar-refractivity contribution in [2.24, 2.45) is 0 Å². The molecule has 98 valence electrons. The van der Waals surface area contributed by atoms with Crippen LogP contribution >= 0.6 is 22.0 Å². The van der Waals surface area contributed by atoms with Gasteiger partial charge < -0.3 is 0 Å². The molecule has 3 rings (SSSR count). The van der Waals surface area contributed by atoms with Gasteiger partial charge in [-0.1, -0.05) is 0 Å². The maximum Gasteiger partial charge on any atom is 0.266 e. The molecular weight excluding hydrogens is 308 g/mol. The molecule has 0 atom stereocenters. The molecule has 2 aromatic heterocycles. The van der Waals surface area contributed by atoms with Crippen molar-refractivity contribution < 1.29 is 8.42 Å². The summed E-state index contributed by atoms with van der Waals surface area (Å²) in [6, 6.07) is 4.08. The Morgan fingerprint density at radius 2 is 2.11 bits per heavy atom. The lowest BCUT2D eigenvalue weighted by Crippen LogP contribution is -2.13. The van der Waals surface area contributed by atoms with Gasteiger partial charge in [0, 0.05) is 21.8 Å². The summed E-state index contributed by atoms with van der Waals surface area (Å²) in [6.07, 6.45) is 1.68. The molecular formula is C11H7ClN2O3S2. The molecule has 2 heterocycles. The highest BCUT2D eigenvalue weighted by molar-refractivity contribution is 8.13. The van der Waals surface area contributed by atoms with Crippen molar-refractivity contribution >= 4 is 46.9 Å². The van der Waals surface area contributed by atoms with E-state index in [-0.39, 0.29) is 15.8 Å². The lowest BCUT2D eigenvalue weighted by Gasteiger charge is -2.00. The number of nitrogens with zero attached hydrogens (tertiary/aromatic N) is 2. The zero-order valence-corrected chi connectivity index (χ0v) is 12.0. The first-order chi connectivity index (χ1) is 8.86. The molecule has 19 heavy (non-hydrogen) atoms. The van der Waals surface area contributed by atoms with Crippen LogP contribution in [0.3, 0.4) is 0 Å². The van der Waals surface area contributed by atoms with E-state index in [1.807, 2.05) is 6.92 Å². The maximum absolute atomic E-state index is 12.3. The molecule has 0 spiro atoms. The van der Waals surface area contributed by atoms with E-state index < -0.39 is 9.05 Å². The van der Waals surface area contributed by atoms with Gasteiger partial charge in [0.25, 0.3) is 14.6 Å². The summed E-state index contributed by atoms with van der Waals surface area (Å²) in [4.78, 5) is 18.0. The fraction of sp³-hybridized carbons (Fsp3) is 0.0909. The van der Waals surface area contributed by atoms with Gasteiger partial charge in [0.2, 0.25) is 0 Å². The summed E-state index contributed by atoms with van der Waals surface area (Å²) >= 11 is 1.40. The number of hydrogen-bond acceptors (Lipinski definition) is 5. The van der Waals surface area contributed by atoms with Crippen molar-refractivity contribution in [1.29, 1.82) is 0 Å². The molecule has 0 unspecified atom stereocenters. The topological polar surface area (TPSA) is 68.5 Å². The minimum Gasteiger partial charge on any atom is -0.268 e. The number of hydrogen-bond donors (Lipinski definition) is 0. The van der Waals surface area contributed by atoms with E-state index in [9.17, 15) is 13.2 Å². The second-order valence-electron chi connectivity index (χ2n) is 4.03. The molecule has 0 amide bonds. The minimum atomic E-state index is -3.86. The predicted molar refractivity (Wildman–Crippen MR) is 74.6 cm³/mol. The first-order valence-corrected chi connectivity index (χ1v) is 8.36. The van der Waals surface area contributed by atoms with Gasteiger partial charge in [-0.05, 0) is 25.1 Å². The van der Waals surface area contributed by atoms with Crippen molar-refractivity contribution in [1.82, 2.24) is 9.38 Å². The molecule has 0 saturated heterocycles. The molecule has 0 aliphatic rings. The number of halogens is 1. The third-order valence-corrected chi connectivity index (χ3v) is 4.93. The number of fused-ring (bicyclic) bond motifs is 2. The quantitative estimate of drug-likeness (QED) is 0.645. The average molecular weight is 315 g/mol. The Morgan fingerprint density at radius 1 is 1.37 bits per heavy atom. The van der Waals surface area contributed by atoms with E-state index in [1.54, 1.807) is 6.20 Å². The molecule has 0 aliphatic carbocycles. The van der Waals surface area contributed by atoms with Gasteiger partial charge in [0.1, 0.15) is 0 Å². The molecule has 0 saturated carbocycles. The highest BCUT2D eigenvalue weighted by Gasteiger charge is 2.14. The van der Waals surface area contributed by atoms with Gasteiger partial charge in [-0.15, -0.1) is 11.3 Å². The maximum atomic E-state index is 12.3. The van der Waals surface area contributed by atoms with Crippen molar-refractivity contribution in [3.05, 3.63) is 39.6 Å². The minimum absolute atomic E-state index is 0.104. The normalized spacial score (nSPS) is 12.3. The molecule has 0 radical (unpaired) electrons. The number of aromatic nitrogens is 2. The van der Waals surface area contributed by atoms with Crippen LogP contribution in [0.4, 0.5) is 0 Å². The number of rotatable bonds is 1. The highest BCUT2D eigenvalue weighted by atomic mass is 35.7. The predicted octanol–water partition coefficient (Wildman–Crippen LogP) is 2.15. The monoisotopic (exact) mass is 314 g/mol. The van der Waals surface area contributed by atoms with Crippen molar-refractivity contribution in [2.75, 3.05) is 0 Å². The van der Waals surface area contributed by atoms with E-state index in [0.29, 0.717) is 10.5 Å². The van der Waals surface area contributed by atoms with E-state index in [0.717, 1.165) is 4.88 Å². The standard InChI is InChI=1S/C11H7ClN2O3S2/c1-6-5-14-10(15)8-4-7(19(12,16)17)2-3-9(8)13-11(14)18-6/h2-5H,1H3. The van der Waals surface area contributed by atoms with E-state index >= 15 is 0 Å². The molecule has 1 aromatic carbocycles. The first kappa shape index (κ1) is 12.6. The summed E-state index contributed by atoms with van der Waals surface area (Å²) in [6.45, 7) is 1.87. The summed E-state index contributed by atoms with van der Waals surface area (Å²) in [5.41, 5.74) is 0.155. The smallest absolute Gasteiger partial charge is 0.266 e. The van der Waals surface area contributed by atoms with Crippen LogP contribution in [0.25, 0.3) is 15.9 Å². The molecule has 5 nitrogen and oxygen atoms in total. The van der Waals surface area contributed by atoms with Gasteiger partial charge in [-0.3, -0.25) is 9.20 Å². The molecule has 0 bridgehead atoms. The Labute approximate surface area is 116 Å². The van der Waals surface area contributed by atoms with Gasteiger partial charge in [0.05, 0.1) is 15.8 Å². The van der Waals surface area contributed by atoms with Crippen molar-refractivity contribution in [2.45, 2.75) is 11.8 Å². The molecule has 0 fully saturated rings. The second kappa shape index (κ2) is 4.03. The zero-order valence-electron chi connectivity index (χ0n) is 9.62. The summed E-state index contributed by atoms with van der Waals surface area (Å²) in [5, 5.41) is 0.233. The number of benzene rings is 1. The lowest BCUT2D eigenvalue weighted by molar-refractivity contribution is 0.609. The summed E-state index contributed by atoms with van der Waals surface area (Å²) < 4.78 is 24.0. The Balaban J connectivity index is 2.49. The van der Waals surface area contributed by atoms with Crippen LogP contribution in [-0.4, -0.2) is 17.8 Å². The highest BCUT2D eigenvalue weighted by Crippen LogP contribution is 2.21. The first-order valence-electron chi connectivity index (χ1n) is 5.23. The second-order valence-corrected chi connectivity index (χ2v) is 7.81. The van der Waals surface area contributed by atoms with Gasteiger partial charge >= 0.3 is 0 Å². The average Bonchev–Trinajstić information content (AvgIpc) is 2.68. The third kappa shape index (κ3) is 2.03. The van der Waals surface area contributed by atoms with Crippen molar-refractivity contribution in [3.63, 3.8) is 0 Å². The molecule has 0 N–H and O–H groups in total. The SMILES string of the molecule is Cc1cn2c(=O)c3cc(S(=O)(=O)Cl)ccc3nc2s1. The lowest BCUT2D eigenvalue weighted by atomic mass is 10.2. The summed E-state index contributed by atoms with van der Waals surface area (Å²) in [7, 11) is 1.42. The molecule has 8 heteroatoms. The van der Waals surface area contributed by atoms with Crippen LogP contribution < -0.4 is 5.56 Å². The Hall–Kier alpha value is -1.44. The van der Waals surface area contributed by atoms with Gasteiger partial charge in [0.15, 0.2) is 4.96 Å². The zero-order chi connectivity index (χ0) is 13.8. The Bertz CT molecular complexity index is 973. The van der Waals surface area contributed by atoms with E-state index in [2.05, 4.69) is 4.98 Å². The van der Waals surface area contributed by atoms with E-state index in [4.69, 9.17) is 10.7 Å². The van der Waals surface area contributed by atoms with E-state index in [1.165, 1.54) is 33.9 Å². The molecule has 0 aliphatic heterocycles. The largest absolute Gasteiger partial charge is 0.268 e. The van der Waals surface area contributed by atoms with Crippen LogP contribution in [0, 0.1) is 6.92 Å². The van der Waals surface area contributed by atoms with Crippen LogP contribution in [0.2, 0.25) is 0 Å². The Morgan fingerprint density at radius 3 is 2.79 bits per heavy atom. The Kier molecular flexibility index (Phi) is 2.67. The number of thiazole rings is 1. The fourth-order valence-electron chi connectivity index (χ4n) is 1.85. The van der Waals surface area contributed by atoms with Crippen LogP contribution in [0.1, 0.15) is 4.88 Å². The number of aryl methyl sites for hydroxylation is 1. The fourth-order valence-corrected chi connectivity index (χ4v) is 3.45. The molecule has 3 aromatic rings. The third-order valence-electron chi connectivity index (χ3n) is 2.68. The van der Waals surface area contributed by atoms with Gasteiger partial charge in [-0.2, -0.15) is 0 Å². The van der Waals surface area contributed by atoms with Crippen molar-refractivity contribution in [3.8, 4) is 0 Å². The van der Waals surface area contributed by atoms with Gasteiger partial charge in [-0.25, -0.2) is 13.4 Å². The van der Waals surface area contributed by atoms with Crippen LogP contribution in [-0.2, 0) is 9.05 Å². The van der Waals surface area contributed by atoms with Crippen LogP contribution in [0.15, 0.2) is 34.1 Å².